The normalized spacial score (nSPS) is 18.9. The van der Waals surface area contributed by atoms with E-state index in [2.05, 4.69) is 21.0 Å². The van der Waals surface area contributed by atoms with E-state index in [4.69, 9.17) is 0 Å². The van der Waals surface area contributed by atoms with E-state index in [1.807, 2.05) is 35.0 Å². The third kappa shape index (κ3) is 4.13. The summed E-state index contributed by atoms with van der Waals surface area (Å²) in [6.07, 6.45) is 6.73. The molecule has 1 aliphatic heterocycles. The highest BCUT2D eigenvalue weighted by atomic mass is 16.2. The van der Waals surface area contributed by atoms with Crippen LogP contribution >= 0.6 is 0 Å². The van der Waals surface area contributed by atoms with Gasteiger partial charge in [0.05, 0.1) is 30.0 Å². The molecule has 142 valence electrons. The van der Waals surface area contributed by atoms with Crippen LogP contribution in [0.1, 0.15) is 47.3 Å². The Morgan fingerprint density at radius 2 is 1.81 bits per heavy atom. The van der Waals surface area contributed by atoms with Crippen molar-refractivity contribution in [1.82, 2.24) is 25.7 Å². The topological polar surface area (TPSA) is 88.1 Å². The summed E-state index contributed by atoms with van der Waals surface area (Å²) in [5.41, 5.74) is 2.52. The number of amides is 3. The summed E-state index contributed by atoms with van der Waals surface area (Å²) in [4.78, 5) is 24.7. The second-order valence-corrected chi connectivity index (χ2v) is 7.36. The van der Waals surface area contributed by atoms with Crippen LogP contribution in [0.5, 0.6) is 0 Å². The minimum atomic E-state index is -0.129. The summed E-state index contributed by atoms with van der Waals surface area (Å²) in [6.45, 7) is 1.08. The number of carbonyl (C=O) groups excluding carboxylic acids is 2. The summed E-state index contributed by atoms with van der Waals surface area (Å²) >= 11 is 0. The minimum Gasteiger partial charge on any atom is -0.348 e. The SMILES string of the molecule is O=C(NC1CCCC1)N[C@H]1Cc2c(C(=O)NCc3ccccc3)cnn2C1. The zero-order chi connectivity index (χ0) is 18.6. The molecular weight excluding hydrogens is 342 g/mol. The summed E-state index contributed by atoms with van der Waals surface area (Å²) in [6, 6.07) is 9.95. The van der Waals surface area contributed by atoms with Crippen LogP contribution in [0.2, 0.25) is 0 Å². The van der Waals surface area contributed by atoms with Crippen LogP contribution in [-0.2, 0) is 19.5 Å². The van der Waals surface area contributed by atoms with Gasteiger partial charge in [0, 0.05) is 19.0 Å². The first kappa shape index (κ1) is 17.6. The Labute approximate surface area is 158 Å². The fraction of sp³-hybridized carbons (Fsp3) is 0.450. The highest BCUT2D eigenvalue weighted by Gasteiger charge is 2.29. The number of rotatable bonds is 5. The molecule has 0 spiro atoms. The Morgan fingerprint density at radius 1 is 1.07 bits per heavy atom. The van der Waals surface area contributed by atoms with Crippen LogP contribution in [0.15, 0.2) is 36.5 Å². The first-order valence-corrected chi connectivity index (χ1v) is 9.63. The van der Waals surface area contributed by atoms with Gasteiger partial charge in [-0.25, -0.2) is 4.79 Å². The van der Waals surface area contributed by atoms with Crippen molar-refractivity contribution < 1.29 is 9.59 Å². The number of hydrogen-bond acceptors (Lipinski definition) is 3. The molecule has 1 atom stereocenters. The molecular formula is C20H25N5O2. The van der Waals surface area contributed by atoms with E-state index in [9.17, 15) is 9.59 Å². The second kappa shape index (κ2) is 7.82. The summed E-state index contributed by atoms with van der Waals surface area (Å²) < 4.78 is 1.82. The molecule has 0 saturated heterocycles. The standard InChI is InChI=1S/C20H25N5O2/c26-19(21-11-14-6-2-1-3-7-14)17-12-22-25-13-16(10-18(17)25)24-20(27)23-15-8-4-5-9-15/h1-3,6-7,12,15-16H,4-5,8-11,13H2,(H,21,26)(H2,23,24,27)/t16-/m0/s1. The molecule has 0 bridgehead atoms. The molecule has 2 heterocycles. The molecule has 3 N–H and O–H groups in total. The highest BCUT2D eigenvalue weighted by Crippen LogP contribution is 2.20. The fourth-order valence-corrected chi connectivity index (χ4v) is 3.93. The van der Waals surface area contributed by atoms with E-state index in [-0.39, 0.29) is 18.0 Å². The highest BCUT2D eigenvalue weighted by molar-refractivity contribution is 5.95. The van der Waals surface area contributed by atoms with Gasteiger partial charge in [-0.05, 0) is 18.4 Å². The molecule has 0 radical (unpaired) electrons. The third-order valence-electron chi connectivity index (χ3n) is 5.35. The first-order valence-electron chi connectivity index (χ1n) is 9.63. The van der Waals surface area contributed by atoms with Crippen LogP contribution < -0.4 is 16.0 Å². The molecule has 1 aliphatic carbocycles. The van der Waals surface area contributed by atoms with Gasteiger partial charge in [0.25, 0.3) is 5.91 Å². The molecule has 7 heteroatoms. The molecule has 2 aromatic rings. The number of hydrogen-bond donors (Lipinski definition) is 3. The zero-order valence-corrected chi connectivity index (χ0v) is 15.3. The lowest BCUT2D eigenvalue weighted by Crippen LogP contribution is -2.46. The Hall–Kier alpha value is -2.83. The smallest absolute Gasteiger partial charge is 0.315 e. The van der Waals surface area contributed by atoms with Crippen molar-refractivity contribution in [2.45, 2.75) is 57.3 Å². The predicted octanol–water partition coefficient (Wildman–Crippen LogP) is 1.98. The van der Waals surface area contributed by atoms with E-state index in [0.29, 0.717) is 31.1 Å². The molecule has 7 nitrogen and oxygen atoms in total. The predicted molar refractivity (Wildman–Crippen MR) is 101 cm³/mol. The van der Waals surface area contributed by atoms with Gasteiger partial charge >= 0.3 is 6.03 Å². The van der Waals surface area contributed by atoms with E-state index >= 15 is 0 Å². The Bertz CT molecular complexity index is 811. The molecule has 27 heavy (non-hydrogen) atoms. The van der Waals surface area contributed by atoms with Crippen LogP contribution in [0.4, 0.5) is 4.79 Å². The van der Waals surface area contributed by atoms with Crippen molar-refractivity contribution in [2.75, 3.05) is 0 Å². The van der Waals surface area contributed by atoms with Crippen molar-refractivity contribution in [2.24, 2.45) is 0 Å². The van der Waals surface area contributed by atoms with E-state index < -0.39 is 0 Å². The van der Waals surface area contributed by atoms with Crippen molar-refractivity contribution in [3.05, 3.63) is 53.3 Å². The van der Waals surface area contributed by atoms with Gasteiger partial charge in [0.2, 0.25) is 0 Å². The molecule has 1 aromatic carbocycles. The van der Waals surface area contributed by atoms with Gasteiger partial charge in [-0.1, -0.05) is 43.2 Å². The molecule has 1 fully saturated rings. The summed E-state index contributed by atoms with van der Waals surface area (Å²) in [7, 11) is 0. The van der Waals surface area contributed by atoms with Crippen molar-refractivity contribution in [1.29, 1.82) is 0 Å². The molecule has 1 saturated carbocycles. The maximum absolute atomic E-state index is 12.5. The molecule has 1 aromatic heterocycles. The van der Waals surface area contributed by atoms with Gasteiger partial charge in [0.1, 0.15) is 0 Å². The van der Waals surface area contributed by atoms with Crippen LogP contribution in [0, 0.1) is 0 Å². The van der Waals surface area contributed by atoms with Gasteiger partial charge in [-0.3, -0.25) is 9.48 Å². The van der Waals surface area contributed by atoms with Gasteiger partial charge < -0.3 is 16.0 Å². The molecule has 4 rings (SSSR count). The molecule has 0 unspecified atom stereocenters. The fourth-order valence-electron chi connectivity index (χ4n) is 3.93. The second-order valence-electron chi connectivity index (χ2n) is 7.36. The van der Waals surface area contributed by atoms with Crippen molar-refractivity contribution >= 4 is 11.9 Å². The lowest BCUT2D eigenvalue weighted by molar-refractivity contribution is 0.0950. The quantitative estimate of drug-likeness (QED) is 0.755. The average molecular weight is 367 g/mol. The van der Waals surface area contributed by atoms with E-state index in [1.54, 1.807) is 6.20 Å². The van der Waals surface area contributed by atoms with Gasteiger partial charge in [-0.15, -0.1) is 0 Å². The first-order chi connectivity index (χ1) is 13.2. The number of fused-ring (bicyclic) bond motifs is 1. The maximum Gasteiger partial charge on any atom is 0.315 e. The van der Waals surface area contributed by atoms with Crippen LogP contribution in [0.3, 0.4) is 0 Å². The average Bonchev–Trinajstić information content (AvgIpc) is 3.38. The third-order valence-corrected chi connectivity index (χ3v) is 5.35. The number of carbonyl (C=O) groups is 2. The Morgan fingerprint density at radius 3 is 2.59 bits per heavy atom. The zero-order valence-electron chi connectivity index (χ0n) is 15.3. The van der Waals surface area contributed by atoms with Gasteiger partial charge in [-0.2, -0.15) is 5.10 Å². The van der Waals surface area contributed by atoms with E-state index in [1.165, 1.54) is 12.8 Å². The van der Waals surface area contributed by atoms with E-state index in [0.717, 1.165) is 24.1 Å². The monoisotopic (exact) mass is 367 g/mol. The lowest BCUT2D eigenvalue weighted by Gasteiger charge is -2.16. The lowest BCUT2D eigenvalue weighted by atomic mass is 10.1. The Balaban J connectivity index is 1.31. The number of nitrogens with zero attached hydrogens (tertiary/aromatic N) is 2. The van der Waals surface area contributed by atoms with Crippen LogP contribution in [-0.4, -0.2) is 33.8 Å². The number of urea groups is 1. The number of nitrogens with one attached hydrogen (secondary N) is 3. The minimum absolute atomic E-state index is 0.0317. The summed E-state index contributed by atoms with van der Waals surface area (Å²) in [5, 5.41) is 13.3. The Kier molecular flexibility index (Phi) is 5.09. The maximum atomic E-state index is 12.5. The molecule has 3 amide bonds. The number of benzene rings is 1. The van der Waals surface area contributed by atoms with Crippen LogP contribution in [0.25, 0.3) is 0 Å². The van der Waals surface area contributed by atoms with Gasteiger partial charge in [0.15, 0.2) is 0 Å². The number of aromatic nitrogens is 2. The largest absolute Gasteiger partial charge is 0.348 e. The van der Waals surface area contributed by atoms with Crippen molar-refractivity contribution in [3.8, 4) is 0 Å². The molecule has 2 aliphatic rings. The summed E-state index contributed by atoms with van der Waals surface area (Å²) in [5.74, 6) is -0.129. The van der Waals surface area contributed by atoms with Crippen molar-refractivity contribution in [3.63, 3.8) is 0 Å².